The van der Waals surface area contributed by atoms with E-state index in [9.17, 15) is 9.59 Å². The molecule has 1 amide bonds. The van der Waals surface area contributed by atoms with E-state index in [4.69, 9.17) is 4.74 Å². The molecule has 23 heavy (non-hydrogen) atoms. The summed E-state index contributed by atoms with van der Waals surface area (Å²) in [4.78, 5) is 29.8. The van der Waals surface area contributed by atoms with Crippen LogP contribution in [0.1, 0.15) is 24.4 Å². The molecule has 2 heterocycles. The van der Waals surface area contributed by atoms with E-state index in [1.54, 1.807) is 19.4 Å². The maximum atomic E-state index is 12.6. The highest BCUT2D eigenvalue weighted by molar-refractivity contribution is 5.76. The highest BCUT2D eigenvalue weighted by Gasteiger charge is 2.30. The van der Waals surface area contributed by atoms with Gasteiger partial charge >= 0.3 is 5.69 Å². The minimum Gasteiger partial charge on any atom is -0.497 e. The van der Waals surface area contributed by atoms with Crippen LogP contribution in [-0.2, 0) is 11.3 Å². The first-order chi connectivity index (χ1) is 11.2. The summed E-state index contributed by atoms with van der Waals surface area (Å²) in [5.41, 5.74) is 0.691. The lowest BCUT2D eigenvalue weighted by Gasteiger charge is -2.25. The monoisotopic (exact) mass is 313 g/mol. The molecule has 0 aliphatic carbocycles. The van der Waals surface area contributed by atoms with Crippen molar-refractivity contribution in [3.05, 3.63) is 58.8 Å². The lowest BCUT2D eigenvalue weighted by molar-refractivity contribution is -0.132. The maximum Gasteiger partial charge on any atom is 0.347 e. The Kier molecular flexibility index (Phi) is 4.41. The summed E-state index contributed by atoms with van der Waals surface area (Å²) in [6.07, 6.45) is 4.91. The number of rotatable bonds is 4. The second-order valence-electron chi connectivity index (χ2n) is 5.55. The van der Waals surface area contributed by atoms with Crippen molar-refractivity contribution in [1.82, 2.24) is 14.5 Å². The summed E-state index contributed by atoms with van der Waals surface area (Å²) in [5.74, 6) is 0.741. The molecule has 0 saturated carbocycles. The average molecular weight is 313 g/mol. The van der Waals surface area contributed by atoms with Crippen molar-refractivity contribution < 1.29 is 9.53 Å². The molecule has 6 heteroatoms. The third kappa shape index (κ3) is 3.26. The van der Waals surface area contributed by atoms with E-state index in [2.05, 4.69) is 4.98 Å². The van der Waals surface area contributed by atoms with Crippen molar-refractivity contribution >= 4 is 5.91 Å². The van der Waals surface area contributed by atoms with E-state index in [-0.39, 0.29) is 18.5 Å². The van der Waals surface area contributed by atoms with Gasteiger partial charge in [0.1, 0.15) is 12.3 Å². The number of aromatic nitrogens is 2. The Bertz CT molecular complexity index is 739. The van der Waals surface area contributed by atoms with Crippen molar-refractivity contribution in [1.29, 1.82) is 0 Å². The number of amides is 1. The van der Waals surface area contributed by atoms with Crippen molar-refractivity contribution in [2.45, 2.75) is 25.4 Å². The molecule has 1 aromatic heterocycles. The predicted octanol–water partition coefficient (Wildman–Crippen LogP) is 1.62. The van der Waals surface area contributed by atoms with E-state index < -0.39 is 5.69 Å². The van der Waals surface area contributed by atoms with Crippen LogP contribution >= 0.6 is 0 Å². The molecular weight excluding hydrogens is 294 g/mol. The molecule has 120 valence electrons. The first-order valence-corrected chi connectivity index (χ1v) is 7.64. The lowest BCUT2D eigenvalue weighted by Crippen LogP contribution is -2.36. The van der Waals surface area contributed by atoms with E-state index in [0.717, 1.165) is 24.2 Å². The Balaban J connectivity index is 1.76. The van der Waals surface area contributed by atoms with Crippen LogP contribution in [0.5, 0.6) is 5.75 Å². The van der Waals surface area contributed by atoms with Gasteiger partial charge in [-0.05, 0) is 36.6 Å². The SMILES string of the molecule is COc1ccc([C@H]2CCCN2C(=O)Cn2cccnc2=O)cc1. The predicted molar refractivity (Wildman–Crippen MR) is 85.2 cm³/mol. The fraction of sp³-hybridized carbons (Fsp3) is 0.353. The molecule has 1 aliphatic heterocycles. The standard InChI is InChI=1S/C17H19N3O3/c1-23-14-7-5-13(6-8-14)15-4-2-11-20(15)16(21)12-19-10-3-9-18-17(19)22/h3,5-10,15H,2,4,11-12H2,1H3/t15-/m1/s1. The highest BCUT2D eigenvalue weighted by Crippen LogP contribution is 2.32. The normalized spacial score (nSPS) is 17.3. The van der Waals surface area contributed by atoms with Crippen LogP contribution in [0, 0.1) is 0 Å². The fourth-order valence-corrected chi connectivity index (χ4v) is 2.98. The van der Waals surface area contributed by atoms with Gasteiger partial charge in [-0.25, -0.2) is 9.78 Å². The van der Waals surface area contributed by atoms with E-state index in [0.29, 0.717) is 6.54 Å². The lowest BCUT2D eigenvalue weighted by atomic mass is 10.0. The van der Waals surface area contributed by atoms with Crippen LogP contribution in [0.15, 0.2) is 47.5 Å². The van der Waals surface area contributed by atoms with Crippen molar-refractivity contribution in [3.8, 4) is 5.75 Å². The molecular formula is C17H19N3O3. The molecule has 0 N–H and O–H groups in total. The number of hydrogen-bond donors (Lipinski definition) is 0. The minimum atomic E-state index is -0.402. The van der Waals surface area contributed by atoms with Gasteiger partial charge in [0.15, 0.2) is 0 Å². The van der Waals surface area contributed by atoms with Crippen LogP contribution < -0.4 is 10.4 Å². The van der Waals surface area contributed by atoms with Gasteiger partial charge in [-0.1, -0.05) is 12.1 Å². The third-order valence-electron chi connectivity index (χ3n) is 4.16. The molecule has 0 spiro atoms. The number of ether oxygens (including phenoxy) is 1. The number of likely N-dealkylation sites (tertiary alicyclic amines) is 1. The molecule has 0 bridgehead atoms. The van der Waals surface area contributed by atoms with Gasteiger partial charge in [-0.15, -0.1) is 0 Å². The molecule has 1 saturated heterocycles. The zero-order valence-corrected chi connectivity index (χ0v) is 13.0. The van der Waals surface area contributed by atoms with Gasteiger partial charge in [0.25, 0.3) is 0 Å². The number of benzene rings is 1. The average Bonchev–Trinajstić information content (AvgIpc) is 3.07. The summed E-state index contributed by atoms with van der Waals surface area (Å²) < 4.78 is 6.51. The number of carbonyl (C=O) groups is 1. The zero-order chi connectivity index (χ0) is 16.2. The number of methoxy groups -OCH3 is 1. The van der Waals surface area contributed by atoms with E-state index in [1.165, 1.54) is 10.8 Å². The smallest absolute Gasteiger partial charge is 0.347 e. The van der Waals surface area contributed by atoms with Crippen LogP contribution in [-0.4, -0.2) is 34.0 Å². The Morgan fingerprint density at radius 3 is 2.83 bits per heavy atom. The Morgan fingerprint density at radius 1 is 1.35 bits per heavy atom. The van der Waals surface area contributed by atoms with Gasteiger partial charge in [0, 0.05) is 18.9 Å². The van der Waals surface area contributed by atoms with Crippen LogP contribution in [0.25, 0.3) is 0 Å². The number of carbonyl (C=O) groups excluding carboxylic acids is 1. The molecule has 2 aromatic rings. The van der Waals surface area contributed by atoms with E-state index in [1.807, 2.05) is 29.2 Å². The fourth-order valence-electron chi connectivity index (χ4n) is 2.98. The summed E-state index contributed by atoms with van der Waals surface area (Å²) >= 11 is 0. The summed E-state index contributed by atoms with van der Waals surface area (Å²) in [5, 5.41) is 0. The molecule has 3 rings (SSSR count). The van der Waals surface area contributed by atoms with Gasteiger partial charge in [0.05, 0.1) is 13.2 Å². The van der Waals surface area contributed by atoms with Gasteiger partial charge < -0.3 is 9.64 Å². The van der Waals surface area contributed by atoms with Gasteiger partial charge in [-0.3, -0.25) is 9.36 Å². The van der Waals surface area contributed by atoms with Crippen LogP contribution in [0.3, 0.4) is 0 Å². The summed E-state index contributed by atoms with van der Waals surface area (Å²) in [7, 11) is 1.63. The quantitative estimate of drug-likeness (QED) is 0.860. The third-order valence-corrected chi connectivity index (χ3v) is 4.16. The Morgan fingerprint density at radius 2 is 2.13 bits per heavy atom. The molecule has 1 aromatic carbocycles. The van der Waals surface area contributed by atoms with E-state index >= 15 is 0 Å². The summed E-state index contributed by atoms with van der Waals surface area (Å²) in [6.45, 7) is 0.740. The minimum absolute atomic E-state index is 0.0271. The topological polar surface area (TPSA) is 64.4 Å². The van der Waals surface area contributed by atoms with Crippen molar-refractivity contribution in [2.75, 3.05) is 13.7 Å². The van der Waals surface area contributed by atoms with Gasteiger partial charge in [0.2, 0.25) is 5.91 Å². The number of hydrogen-bond acceptors (Lipinski definition) is 4. The van der Waals surface area contributed by atoms with Gasteiger partial charge in [-0.2, -0.15) is 0 Å². The molecule has 6 nitrogen and oxygen atoms in total. The maximum absolute atomic E-state index is 12.6. The zero-order valence-electron chi connectivity index (χ0n) is 13.0. The summed E-state index contributed by atoms with van der Waals surface area (Å²) in [6, 6.07) is 9.50. The molecule has 0 unspecified atom stereocenters. The van der Waals surface area contributed by atoms with Crippen molar-refractivity contribution in [3.63, 3.8) is 0 Å². The second kappa shape index (κ2) is 6.64. The first kappa shape index (κ1) is 15.3. The molecule has 1 atom stereocenters. The Labute approximate surface area is 134 Å². The first-order valence-electron chi connectivity index (χ1n) is 7.64. The second-order valence-corrected chi connectivity index (χ2v) is 5.55. The Hall–Kier alpha value is -2.63. The van der Waals surface area contributed by atoms with Crippen LogP contribution in [0.4, 0.5) is 0 Å². The van der Waals surface area contributed by atoms with Crippen LogP contribution in [0.2, 0.25) is 0 Å². The van der Waals surface area contributed by atoms with Crippen molar-refractivity contribution in [2.24, 2.45) is 0 Å². The number of nitrogens with zero attached hydrogens (tertiary/aromatic N) is 3. The molecule has 0 radical (unpaired) electrons. The molecule has 1 aliphatic rings. The highest BCUT2D eigenvalue weighted by atomic mass is 16.5. The molecule has 1 fully saturated rings. The largest absolute Gasteiger partial charge is 0.497 e.